The third kappa shape index (κ3) is 9.47. The summed E-state index contributed by atoms with van der Waals surface area (Å²) in [5.74, 6) is 1.40. The fourth-order valence-electron chi connectivity index (χ4n) is 3.53. The number of aryl methyl sites for hydroxylation is 1. The molecule has 2 heterocycles. The fourth-order valence-corrected chi connectivity index (χ4v) is 4.27. The van der Waals surface area contributed by atoms with Crippen LogP contribution in [0, 0.1) is 5.92 Å². The molecule has 1 fully saturated rings. The number of nitrogens with one attached hydrogen (secondary N) is 2. The van der Waals surface area contributed by atoms with Gasteiger partial charge in [0.1, 0.15) is 0 Å². The standard InChI is InChI=1S/C21H38N6OS.HI/c1-7-19-24-17(15-29-19)13-27-10-8-16(9-11-27)12-23-20(22-5)26(6)14-18(28)25-21(2,3)4;/h15-16H,7-14H2,1-6H3,(H,22,23)(H,25,28);1H. The number of piperidine rings is 1. The van der Waals surface area contributed by atoms with Crippen LogP contribution in [0.3, 0.4) is 0 Å². The summed E-state index contributed by atoms with van der Waals surface area (Å²) in [6.45, 7) is 12.5. The first-order valence-electron chi connectivity index (χ1n) is 10.6. The number of amides is 1. The van der Waals surface area contributed by atoms with Gasteiger partial charge in [0.25, 0.3) is 0 Å². The molecular formula is C21H39IN6OS. The number of hydrogen-bond acceptors (Lipinski definition) is 5. The van der Waals surface area contributed by atoms with Gasteiger partial charge in [-0.1, -0.05) is 6.92 Å². The molecule has 2 N–H and O–H groups in total. The van der Waals surface area contributed by atoms with E-state index in [1.165, 1.54) is 23.5 Å². The van der Waals surface area contributed by atoms with Crippen molar-refractivity contribution in [1.82, 2.24) is 25.4 Å². The maximum absolute atomic E-state index is 12.2. The van der Waals surface area contributed by atoms with Gasteiger partial charge in [-0.25, -0.2) is 4.98 Å². The van der Waals surface area contributed by atoms with E-state index in [1.807, 2.05) is 32.7 Å². The molecule has 7 nitrogen and oxygen atoms in total. The van der Waals surface area contributed by atoms with Crippen molar-refractivity contribution in [2.75, 3.05) is 40.3 Å². The van der Waals surface area contributed by atoms with Gasteiger partial charge in [0.15, 0.2) is 5.96 Å². The summed E-state index contributed by atoms with van der Waals surface area (Å²) in [4.78, 5) is 25.6. The highest BCUT2D eigenvalue weighted by Crippen LogP contribution is 2.19. The number of thiazole rings is 1. The Bertz CT molecular complexity index is 679. The van der Waals surface area contributed by atoms with Gasteiger partial charge in [0, 0.05) is 38.1 Å². The lowest BCUT2D eigenvalue weighted by Gasteiger charge is -2.32. The van der Waals surface area contributed by atoms with Gasteiger partial charge < -0.3 is 15.5 Å². The van der Waals surface area contributed by atoms with Gasteiger partial charge in [-0.2, -0.15) is 0 Å². The summed E-state index contributed by atoms with van der Waals surface area (Å²) in [5, 5.41) is 9.86. The topological polar surface area (TPSA) is 72.9 Å². The van der Waals surface area contributed by atoms with Crippen molar-refractivity contribution >= 4 is 47.2 Å². The number of halogens is 1. The predicted molar refractivity (Wildman–Crippen MR) is 137 cm³/mol. The van der Waals surface area contributed by atoms with Gasteiger partial charge in [-0.3, -0.25) is 14.7 Å². The molecule has 0 saturated carbocycles. The van der Waals surface area contributed by atoms with Crippen molar-refractivity contribution in [2.24, 2.45) is 10.9 Å². The molecular weight excluding hydrogens is 511 g/mol. The Morgan fingerprint density at radius 1 is 1.37 bits per heavy atom. The van der Waals surface area contributed by atoms with Crippen LogP contribution in [-0.2, 0) is 17.8 Å². The van der Waals surface area contributed by atoms with Crippen molar-refractivity contribution in [3.8, 4) is 0 Å². The molecule has 0 radical (unpaired) electrons. The molecule has 1 aromatic rings. The zero-order chi connectivity index (χ0) is 21.4. The highest BCUT2D eigenvalue weighted by molar-refractivity contribution is 14.0. The number of carbonyl (C=O) groups excluding carboxylic acids is 1. The maximum atomic E-state index is 12.2. The Kier molecular flexibility index (Phi) is 11.6. The van der Waals surface area contributed by atoms with Gasteiger partial charge in [-0.05, 0) is 59.0 Å². The molecule has 0 aromatic carbocycles. The van der Waals surface area contributed by atoms with Crippen molar-refractivity contribution in [1.29, 1.82) is 0 Å². The molecule has 0 atom stereocenters. The number of rotatable bonds is 7. The molecule has 1 saturated heterocycles. The molecule has 2 rings (SSSR count). The van der Waals surface area contributed by atoms with Crippen LogP contribution >= 0.6 is 35.3 Å². The van der Waals surface area contributed by atoms with E-state index in [-0.39, 0.29) is 35.4 Å². The molecule has 1 aliphatic heterocycles. The van der Waals surface area contributed by atoms with Gasteiger partial charge in [0.05, 0.1) is 17.2 Å². The number of guanidine groups is 1. The van der Waals surface area contributed by atoms with E-state index >= 15 is 0 Å². The molecule has 1 aliphatic rings. The van der Waals surface area contributed by atoms with E-state index in [0.29, 0.717) is 12.5 Å². The molecule has 1 amide bonds. The highest BCUT2D eigenvalue weighted by atomic mass is 127. The zero-order valence-corrected chi connectivity index (χ0v) is 22.5. The Morgan fingerprint density at radius 2 is 2.03 bits per heavy atom. The summed E-state index contributed by atoms with van der Waals surface area (Å²) in [6.07, 6.45) is 3.36. The number of likely N-dealkylation sites (tertiary alicyclic amines) is 1. The summed E-state index contributed by atoms with van der Waals surface area (Å²) in [7, 11) is 3.67. The highest BCUT2D eigenvalue weighted by Gasteiger charge is 2.21. The summed E-state index contributed by atoms with van der Waals surface area (Å²) in [6, 6.07) is 0. The smallest absolute Gasteiger partial charge is 0.240 e. The fraction of sp³-hybridized carbons (Fsp3) is 0.762. The van der Waals surface area contributed by atoms with E-state index in [4.69, 9.17) is 0 Å². The first kappa shape index (κ1) is 27.1. The maximum Gasteiger partial charge on any atom is 0.240 e. The quantitative estimate of drug-likeness (QED) is 0.311. The van der Waals surface area contributed by atoms with Crippen molar-refractivity contribution in [3.05, 3.63) is 16.1 Å². The number of carbonyl (C=O) groups is 1. The third-order valence-electron chi connectivity index (χ3n) is 5.01. The molecule has 0 spiro atoms. The van der Waals surface area contributed by atoms with Crippen LogP contribution in [0.15, 0.2) is 10.4 Å². The second-order valence-electron chi connectivity index (χ2n) is 8.89. The number of aromatic nitrogens is 1. The van der Waals surface area contributed by atoms with Crippen molar-refractivity contribution in [3.63, 3.8) is 0 Å². The summed E-state index contributed by atoms with van der Waals surface area (Å²) >= 11 is 1.77. The minimum atomic E-state index is -0.223. The molecule has 0 unspecified atom stereocenters. The minimum absolute atomic E-state index is 0. The molecule has 1 aromatic heterocycles. The number of nitrogens with zero attached hydrogens (tertiary/aromatic N) is 4. The lowest BCUT2D eigenvalue weighted by atomic mass is 9.97. The van der Waals surface area contributed by atoms with Crippen molar-refractivity contribution < 1.29 is 4.79 Å². The van der Waals surface area contributed by atoms with Crippen LogP contribution in [0.5, 0.6) is 0 Å². The molecule has 9 heteroatoms. The molecule has 0 aliphatic carbocycles. The molecule has 30 heavy (non-hydrogen) atoms. The van der Waals surface area contributed by atoms with Crippen LogP contribution in [-0.4, -0.2) is 72.5 Å². The first-order chi connectivity index (χ1) is 13.7. The number of hydrogen-bond donors (Lipinski definition) is 2. The van der Waals surface area contributed by atoms with E-state index < -0.39 is 0 Å². The lowest BCUT2D eigenvalue weighted by Crippen LogP contribution is -2.49. The minimum Gasteiger partial charge on any atom is -0.356 e. The van der Waals surface area contributed by atoms with E-state index in [1.54, 1.807) is 18.4 Å². The Balaban J connectivity index is 0.00000450. The van der Waals surface area contributed by atoms with Crippen LogP contribution in [0.2, 0.25) is 0 Å². The monoisotopic (exact) mass is 550 g/mol. The normalized spacial score (nSPS) is 16.1. The van der Waals surface area contributed by atoms with Gasteiger partial charge in [-0.15, -0.1) is 35.3 Å². The second-order valence-corrected chi connectivity index (χ2v) is 9.83. The van der Waals surface area contributed by atoms with Crippen LogP contribution in [0.25, 0.3) is 0 Å². The van der Waals surface area contributed by atoms with Crippen LogP contribution in [0.4, 0.5) is 0 Å². The van der Waals surface area contributed by atoms with Gasteiger partial charge >= 0.3 is 0 Å². The van der Waals surface area contributed by atoms with Crippen LogP contribution in [0.1, 0.15) is 51.2 Å². The number of likely N-dealkylation sites (N-methyl/N-ethyl adjacent to an activating group) is 1. The second kappa shape index (κ2) is 12.8. The Hall–Kier alpha value is -0.940. The average Bonchev–Trinajstić information content (AvgIpc) is 3.09. The van der Waals surface area contributed by atoms with E-state index in [9.17, 15) is 4.79 Å². The predicted octanol–water partition coefficient (Wildman–Crippen LogP) is 2.96. The number of aliphatic imine (C=N–C) groups is 1. The first-order valence-corrected chi connectivity index (χ1v) is 11.5. The summed E-state index contributed by atoms with van der Waals surface area (Å²) < 4.78 is 0. The van der Waals surface area contributed by atoms with Gasteiger partial charge in [0.2, 0.25) is 5.91 Å². The lowest BCUT2D eigenvalue weighted by molar-refractivity contribution is -0.122. The van der Waals surface area contributed by atoms with Crippen molar-refractivity contribution in [2.45, 2.75) is 59.0 Å². The Labute approximate surface area is 203 Å². The summed E-state index contributed by atoms with van der Waals surface area (Å²) in [5.41, 5.74) is 0.985. The Morgan fingerprint density at radius 3 is 2.57 bits per heavy atom. The molecule has 172 valence electrons. The SMILES string of the molecule is CCc1nc(CN2CCC(CNC(=NC)N(C)CC(=O)NC(C)(C)C)CC2)cs1.I. The zero-order valence-electron chi connectivity index (χ0n) is 19.3. The van der Waals surface area contributed by atoms with E-state index in [2.05, 4.69) is 37.8 Å². The third-order valence-corrected chi connectivity index (χ3v) is 6.05. The molecule has 0 bridgehead atoms. The van der Waals surface area contributed by atoms with Crippen LogP contribution < -0.4 is 10.6 Å². The van der Waals surface area contributed by atoms with E-state index in [0.717, 1.165) is 38.6 Å². The largest absolute Gasteiger partial charge is 0.356 e. The average molecular weight is 551 g/mol.